The zero-order chi connectivity index (χ0) is 48.2. The molecule has 14 heteroatoms. The van der Waals surface area contributed by atoms with Crippen molar-refractivity contribution in [3.05, 3.63) is 179 Å². The van der Waals surface area contributed by atoms with Gasteiger partial charge in [-0.2, -0.15) is 0 Å². The van der Waals surface area contributed by atoms with Crippen molar-refractivity contribution in [1.29, 1.82) is 0 Å². The van der Waals surface area contributed by atoms with Crippen LogP contribution in [0.5, 0.6) is 0 Å². The Hall–Kier alpha value is -5.36. The summed E-state index contributed by atoms with van der Waals surface area (Å²) < 4.78 is 63.9. The number of hydrogen-bond acceptors (Lipinski definition) is 14. The Morgan fingerprint density at radius 1 is 0.580 bits per heavy atom. The van der Waals surface area contributed by atoms with E-state index >= 15 is 0 Å². The molecule has 366 valence electrons. The molecule has 0 aliphatic carbocycles. The Morgan fingerprint density at radius 3 is 1.61 bits per heavy atom. The lowest BCUT2D eigenvalue weighted by Crippen LogP contribution is -2.62. The van der Waals surface area contributed by atoms with Crippen LogP contribution in [0.25, 0.3) is 0 Å². The third-order valence-electron chi connectivity index (χ3n) is 12.8. The van der Waals surface area contributed by atoms with Gasteiger partial charge in [0.25, 0.3) is 0 Å². The van der Waals surface area contributed by atoms with Gasteiger partial charge in [0.2, 0.25) is 0 Å². The monoisotopic (exact) mass is 946 g/mol. The predicted molar refractivity (Wildman–Crippen MR) is 251 cm³/mol. The second-order valence-electron chi connectivity index (χ2n) is 17.8. The quantitative estimate of drug-likeness (QED) is 0.0750. The molecule has 0 bridgehead atoms. The van der Waals surface area contributed by atoms with Crippen LogP contribution >= 0.6 is 0 Å². The number of ether oxygens (including phenoxy) is 10. The van der Waals surface area contributed by atoms with Crippen LogP contribution in [0.3, 0.4) is 0 Å². The molecule has 3 aliphatic rings. The zero-order valence-corrected chi connectivity index (χ0v) is 39.1. The van der Waals surface area contributed by atoms with Gasteiger partial charge in [-0.3, -0.25) is 0 Å². The minimum atomic E-state index is -2.04. The van der Waals surface area contributed by atoms with Gasteiger partial charge in [-0.15, -0.1) is 0 Å². The van der Waals surface area contributed by atoms with Crippen molar-refractivity contribution in [2.24, 2.45) is 5.92 Å². The maximum Gasteiger partial charge on any atom is 0.338 e. The molecule has 8 rings (SSSR count). The van der Waals surface area contributed by atoms with E-state index in [2.05, 4.69) is 0 Å². The number of benzene rings is 5. The van der Waals surface area contributed by atoms with E-state index in [0.717, 1.165) is 16.7 Å². The van der Waals surface area contributed by atoms with Crippen LogP contribution in [0.15, 0.2) is 152 Å². The largest absolute Gasteiger partial charge is 0.454 e. The summed E-state index contributed by atoms with van der Waals surface area (Å²) in [5, 5.41) is 24.1. The minimum absolute atomic E-state index is 0.186. The van der Waals surface area contributed by atoms with E-state index in [1.165, 1.54) is 0 Å². The van der Waals surface area contributed by atoms with Crippen LogP contribution in [0.2, 0.25) is 0 Å². The molecule has 3 aliphatic heterocycles. The molecule has 0 spiro atoms. The Morgan fingerprint density at radius 2 is 1.07 bits per heavy atom. The molecule has 2 N–H and O–H groups in total. The smallest absolute Gasteiger partial charge is 0.338 e. The van der Waals surface area contributed by atoms with E-state index in [0.29, 0.717) is 18.6 Å². The second kappa shape index (κ2) is 24.0. The molecule has 3 saturated heterocycles. The van der Waals surface area contributed by atoms with Crippen molar-refractivity contribution >= 4 is 11.9 Å². The fraction of sp³-hybridized carbons (Fsp3) is 0.418. The number of aliphatic hydroxyl groups is 2. The maximum absolute atomic E-state index is 13.6. The lowest BCUT2D eigenvalue weighted by Gasteiger charge is -2.46. The summed E-state index contributed by atoms with van der Waals surface area (Å²) in [6, 6.07) is 46.2. The van der Waals surface area contributed by atoms with Crippen molar-refractivity contribution in [3.8, 4) is 0 Å². The summed E-state index contributed by atoms with van der Waals surface area (Å²) in [6.07, 6.45) is -10.3. The first-order valence-electron chi connectivity index (χ1n) is 23.6. The van der Waals surface area contributed by atoms with Crippen LogP contribution in [0.1, 0.15) is 64.6 Å². The standard InChI is InChI=1S/C55H62O14/c1-4-43-36(2)45(67-51(57)41-26-16-8-17-27-41)49(68-52(58)42-28-18-9-19-29-42)53(66-43)63-34-55(59)35-64-54(50(55)56)69-46-37(3)65-44(33-60-30-38-20-10-5-11-21-38)47(61-31-39-22-12-6-13-23-39)48(46)62-32-40-24-14-7-15-25-40/h5-29,36-37,43-50,53-54,56,59H,4,30-35H2,1-3H3/t36-,37+,43-,44-,45+,46+,47-,48-,49-,50-,53-,54-,55+/m1/s1. The molecule has 14 nitrogen and oxygen atoms in total. The molecule has 0 aromatic heterocycles. The second-order valence-corrected chi connectivity index (χ2v) is 17.8. The molecule has 3 heterocycles. The molecule has 0 amide bonds. The average molecular weight is 947 g/mol. The Kier molecular flexibility index (Phi) is 17.4. The van der Waals surface area contributed by atoms with Gasteiger partial charge >= 0.3 is 11.9 Å². The van der Waals surface area contributed by atoms with Crippen LogP contribution in [-0.4, -0.2) is 115 Å². The fourth-order valence-corrected chi connectivity index (χ4v) is 8.96. The fourth-order valence-electron chi connectivity index (χ4n) is 8.96. The van der Waals surface area contributed by atoms with Gasteiger partial charge in [0.05, 0.1) is 63.0 Å². The highest BCUT2D eigenvalue weighted by molar-refractivity contribution is 5.90. The van der Waals surface area contributed by atoms with E-state index < -0.39 is 104 Å². The highest BCUT2D eigenvalue weighted by Crippen LogP contribution is 2.37. The van der Waals surface area contributed by atoms with Gasteiger partial charge in [-0.25, -0.2) is 9.59 Å². The normalized spacial score (nSPS) is 30.1. The summed E-state index contributed by atoms with van der Waals surface area (Å²) in [5.74, 6) is -1.75. The lowest BCUT2D eigenvalue weighted by molar-refractivity contribution is -0.303. The van der Waals surface area contributed by atoms with Crippen LogP contribution in [0.4, 0.5) is 0 Å². The minimum Gasteiger partial charge on any atom is -0.454 e. The van der Waals surface area contributed by atoms with E-state index in [1.807, 2.05) is 112 Å². The first-order valence-corrected chi connectivity index (χ1v) is 23.6. The number of aliphatic hydroxyl groups excluding tert-OH is 1. The van der Waals surface area contributed by atoms with Gasteiger partial charge in [-0.05, 0) is 54.3 Å². The van der Waals surface area contributed by atoms with Crippen molar-refractivity contribution in [2.75, 3.05) is 19.8 Å². The molecule has 0 saturated carbocycles. The van der Waals surface area contributed by atoms with Gasteiger partial charge in [0.1, 0.15) is 42.2 Å². The van der Waals surface area contributed by atoms with Crippen molar-refractivity contribution < 1.29 is 67.2 Å². The Bertz CT molecular complexity index is 2330. The molecule has 13 atom stereocenters. The molecular formula is C55H62O14. The molecule has 5 aromatic carbocycles. The van der Waals surface area contributed by atoms with Crippen molar-refractivity contribution in [2.45, 2.75) is 120 Å². The highest BCUT2D eigenvalue weighted by Gasteiger charge is 2.55. The van der Waals surface area contributed by atoms with E-state index in [9.17, 15) is 19.8 Å². The number of hydrogen-bond donors (Lipinski definition) is 2. The van der Waals surface area contributed by atoms with Crippen molar-refractivity contribution in [3.63, 3.8) is 0 Å². The molecule has 0 unspecified atom stereocenters. The van der Waals surface area contributed by atoms with Gasteiger partial charge in [-0.1, -0.05) is 141 Å². The number of carbonyl (C=O) groups excluding carboxylic acids is 2. The third-order valence-corrected chi connectivity index (χ3v) is 12.8. The zero-order valence-electron chi connectivity index (χ0n) is 39.1. The van der Waals surface area contributed by atoms with Gasteiger partial charge in [0, 0.05) is 5.92 Å². The van der Waals surface area contributed by atoms with Crippen molar-refractivity contribution in [1.82, 2.24) is 0 Å². The Labute approximate surface area is 403 Å². The first-order chi connectivity index (χ1) is 33.6. The third kappa shape index (κ3) is 12.7. The van der Waals surface area contributed by atoms with E-state index in [4.69, 9.17) is 47.4 Å². The highest BCUT2D eigenvalue weighted by atomic mass is 16.7. The molecule has 3 fully saturated rings. The summed E-state index contributed by atoms with van der Waals surface area (Å²) in [6.45, 7) is 5.67. The molecule has 69 heavy (non-hydrogen) atoms. The van der Waals surface area contributed by atoms with Crippen LogP contribution in [0, 0.1) is 5.92 Å². The molecule has 5 aromatic rings. The Balaban J connectivity index is 1.01. The van der Waals surface area contributed by atoms with Crippen LogP contribution < -0.4 is 0 Å². The number of carbonyl (C=O) groups is 2. The summed E-state index contributed by atoms with van der Waals surface area (Å²) in [5.41, 5.74) is 1.41. The van der Waals surface area contributed by atoms with E-state index in [-0.39, 0.29) is 25.4 Å². The number of esters is 2. The summed E-state index contributed by atoms with van der Waals surface area (Å²) in [7, 11) is 0. The van der Waals surface area contributed by atoms with Crippen LogP contribution in [-0.2, 0) is 67.2 Å². The SMILES string of the molecule is CC[C@H]1O[C@@H](OC[C@]2(O)CO[C@H](O[C@@H]3[C@@H](OCc4ccccc4)[C@H](OCc4ccccc4)[C@@H](COCc4ccccc4)O[C@H]3C)[C@H]2O)[C@H](OC(=O)c2ccccc2)[C@@H](OC(=O)c2ccccc2)[C@@H]1C. The predicted octanol–water partition coefficient (Wildman–Crippen LogP) is 7.23. The molecule has 0 radical (unpaired) electrons. The van der Waals surface area contributed by atoms with E-state index in [1.54, 1.807) is 60.7 Å². The molecular weight excluding hydrogens is 885 g/mol. The number of rotatable bonds is 20. The topological polar surface area (TPSA) is 167 Å². The summed E-state index contributed by atoms with van der Waals surface area (Å²) >= 11 is 0. The maximum atomic E-state index is 13.6. The average Bonchev–Trinajstić information content (AvgIpc) is 3.67. The summed E-state index contributed by atoms with van der Waals surface area (Å²) in [4.78, 5) is 27.2. The van der Waals surface area contributed by atoms with Gasteiger partial charge < -0.3 is 57.6 Å². The first kappa shape index (κ1) is 50.0. The lowest BCUT2D eigenvalue weighted by atomic mass is 9.88. The van der Waals surface area contributed by atoms with Gasteiger partial charge in [0.15, 0.2) is 18.7 Å².